The molecule has 1 radical (unpaired) electrons. The molecule has 4 heterocycles. The molecule has 0 N–H and O–H groups in total. The minimum atomic E-state index is -1.50. The van der Waals surface area contributed by atoms with E-state index in [1.807, 2.05) is 55.6 Å². The number of benzene rings is 8. The number of imidazole rings is 1. The minimum absolute atomic E-state index is 0. The molecule has 0 bridgehead atoms. The summed E-state index contributed by atoms with van der Waals surface area (Å²) in [5.74, 6) is 0.306. The van der Waals surface area contributed by atoms with Gasteiger partial charge in [-0.3, -0.25) is 4.98 Å². The van der Waals surface area contributed by atoms with Gasteiger partial charge in [0.05, 0.1) is 24.9 Å². The fourth-order valence-electron chi connectivity index (χ4n) is 9.31. The molecule has 0 saturated heterocycles. The Morgan fingerprint density at radius 3 is 1.92 bits per heavy atom. The van der Waals surface area contributed by atoms with Crippen LogP contribution in [0.25, 0.3) is 102 Å². The van der Waals surface area contributed by atoms with E-state index in [0.29, 0.717) is 0 Å². The predicted octanol–water partition coefficient (Wildman–Crippen LogP) is 15.7. The summed E-state index contributed by atoms with van der Waals surface area (Å²) in [6, 6.07) is 67.2. The van der Waals surface area contributed by atoms with Gasteiger partial charge < -0.3 is 9.38 Å². The molecule has 0 amide bonds. The fourth-order valence-corrected chi connectivity index (χ4v) is 12.1. The average molecular weight is 1040 g/mol. The number of rotatable bonds is 4. The zero-order valence-corrected chi connectivity index (χ0v) is 40.5. The van der Waals surface area contributed by atoms with Gasteiger partial charge >= 0.3 is 0 Å². The third kappa shape index (κ3) is 7.16. The Morgan fingerprint density at radius 1 is 0.609 bits per heavy atom. The summed E-state index contributed by atoms with van der Waals surface area (Å²) >= 11 is 1.84. The van der Waals surface area contributed by atoms with Gasteiger partial charge in [0.1, 0.15) is 0 Å². The van der Waals surface area contributed by atoms with Crippen LogP contribution in [-0.4, -0.2) is 22.4 Å². The fraction of sp³-hybridized carbons (Fsp3) is 0.103. The monoisotopic (exact) mass is 1040 g/mol. The van der Waals surface area contributed by atoms with Crippen molar-refractivity contribution in [2.75, 3.05) is 0 Å². The molecule has 12 rings (SSSR count). The average Bonchev–Trinajstić information content (AvgIpc) is 3.89. The maximum Gasteiger partial charge on any atom is 0.0799 e. The van der Waals surface area contributed by atoms with Gasteiger partial charge in [0.2, 0.25) is 0 Å². The topological polar surface area (TPSA) is 30.2 Å². The number of hydrogen-bond acceptors (Lipinski definition) is 3. The summed E-state index contributed by atoms with van der Waals surface area (Å²) in [6.07, 6.45) is 1.98. The van der Waals surface area contributed by atoms with Crippen LogP contribution in [0.5, 0.6) is 0 Å². The molecule has 313 valence electrons. The summed E-state index contributed by atoms with van der Waals surface area (Å²) in [7, 11) is -1.50. The minimum Gasteiger partial charge on any atom is -0.332 e. The smallest absolute Gasteiger partial charge is 0.0799 e. The number of hydrogen-bond donors (Lipinski definition) is 0. The Labute approximate surface area is 393 Å². The quantitative estimate of drug-likeness (QED) is 0.130. The van der Waals surface area contributed by atoms with E-state index in [9.17, 15) is 0 Å². The number of nitrogens with zero attached hydrogens (tertiary/aromatic N) is 3. The van der Waals surface area contributed by atoms with E-state index < -0.39 is 14.0 Å². The number of pyridine rings is 1. The van der Waals surface area contributed by atoms with Crippen molar-refractivity contribution in [2.24, 2.45) is 0 Å². The molecule has 64 heavy (non-hydrogen) atoms. The zero-order chi connectivity index (χ0) is 43.7. The molecule has 12 aromatic rings. The Bertz CT molecular complexity index is 3830. The van der Waals surface area contributed by atoms with Crippen molar-refractivity contribution in [3.8, 4) is 22.6 Å². The van der Waals surface area contributed by atoms with Gasteiger partial charge in [-0.2, -0.15) is 11.3 Å². The molecule has 6 heteroatoms. The van der Waals surface area contributed by atoms with Crippen LogP contribution in [0, 0.1) is 12.1 Å². The molecule has 0 spiro atoms. The van der Waals surface area contributed by atoms with Crippen LogP contribution < -0.4 is 5.19 Å². The number of thiophene rings is 1. The van der Waals surface area contributed by atoms with Crippen molar-refractivity contribution in [1.29, 1.82) is 0 Å². The maximum absolute atomic E-state index is 8.44. The van der Waals surface area contributed by atoms with E-state index >= 15 is 0 Å². The van der Waals surface area contributed by atoms with E-state index in [-0.39, 0.29) is 20.1 Å². The van der Waals surface area contributed by atoms with E-state index in [0.717, 1.165) is 44.8 Å². The van der Waals surface area contributed by atoms with Crippen LogP contribution in [0.1, 0.15) is 26.7 Å². The molecular formula is C58H45IrN3SSi-2. The molecule has 0 fully saturated rings. The first-order chi connectivity index (χ1) is 31.0. The van der Waals surface area contributed by atoms with Crippen LogP contribution in [0.4, 0.5) is 0 Å². The molecule has 8 aromatic carbocycles. The molecule has 4 aromatic heterocycles. The maximum atomic E-state index is 8.44. The van der Waals surface area contributed by atoms with Gasteiger partial charge in [0.15, 0.2) is 0 Å². The zero-order valence-electron chi connectivity index (χ0n) is 37.3. The molecule has 3 nitrogen and oxygen atoms in total. The molecule has 0 saturated carbocycles. The van der Waals surface area contributed by atoms with Crippen LogP contribution >= 0.6 is 11.3 Å². The van der Waals surface area contributed by atoms with Gasteiger partial charge in [0, 0.05) is 48.7 Å². The third-order valence-electron chi connectivity index (χ3n) is 12.3. The van der Waals surface area contributed by atoms with Gasteiger partial charge in [-0.05, 0) is 83.4 Å². The summed E-state index contributed by atoms with van der Waals surface area (Å²) in [5.41, 5.74) is 7.24. The van der Waals surface area contributed by atoms with Crippen LogP contribution in [0.2, 0.25) is 19.6 Å². The van der Waals surface area contributed by atoms with Gasteiger partial charge in [0.25, 0.3) is 0 Å². The van der Waals surface area contributed by atoms with E-state index in [2.05, 4.69) is 187 Å². The summed E-state index contributed by atoms with van der Waals surface area (Å²) < 4.78 is 13.3. The van der Waals surface area contributed by atoms with Crippen molar-refractivity contribution in [1.82, 2.24) is 14.4 Å². The first-order valence-corrected chi connectivity index (χ1v) is 25.9. The first kappa shape index (κ1) is 40.5. The number of para-hydroxylation sites is 2. The summed E-state index contributed by atoms with van der Waals surface area (Å²) in [5, 5.41) is 13.6. The molecule has 0 atom stereocenters. The number of aromatic nitrogens is 3. The third-order valence-corrected chi connectivity index (χ3v) is 15.5. The molecule has 0 aliphatic rings. The standard InChI is InChI=1S/C41H23N2S.C17H22NSi.Ir/c1-2-12-26-24-38-35(23-25(26)11-1)33-19-9-20-34(40(33)44-38)41-42-36-21-10-18-32-30-16-6-4-14-28(30)27-13-3-5-15-29(27)31-17-7-8-22-37(31)43(41)39(32)36;1-13(2)15-11-16(14-9-7-6-8-10-14)18-12-17(15)19(3,4)5;/h1-19,21-24H;6-9,11-13H,1-5H3;/q2*-1;/i;13D;. The molecule has 0 aliphatic carbocycles. The van der Waals surface area contributed by atoms with E-state index in [1.54, 1.807) is 0 Å². The number of fused-ring (bicyclic) bond motifs is 11. The van der Waals surface area contributed by atoms with Crippen molar-refractivity contribution in [2.45, 2.75) is 39.4 Å². The van der Waals surface area contributed by atoms with Gasteiger partial charge in [-0.15, -0.1) is 54.1 Å². The van der Waals surface area contributed by atoms with Gasteiger partial charge in [-0.25, -0.2) is 0 Å². The predicted molar refractivity (Wildman–Crippen MR) is 274 cm³/mol. The van der Waals surface area contributed by atoms with Crippen LogP contribution in [0.15, 0.2) is 176 Å². The van der Waals surface area contributed by atoms with Crippen molar-refractivity contribution in [3.05, 3.63) is 194 Å². The largest absolute Gasteiger partial charge is 0.332 e. The second kappa shape index (κ2) is 16.7. The molecule has 0 aliphatic heterocycles. The Morgan fingerprint density at radius 2 is 1.23 bits per heavy atom. The second-order valence-corrected chi connectivity index (χ2v) is 23.7. The summed E-state index contributed by atoms with van der Waals surface area (Å²) in [6.45, 7) is 10.8. The SMILES string of the molecule is [2H]C(C)(C)c1cc(-c2[c-]cccc2)ncc1[Si](C)(C)C.[Ir].[c-]1ccc2c(sc3cc4ccccc4cc32)c1-c1nc2cccc3c4ccccc4c4ccccc4c4ccccc4n1c23. The molecular weight excluding hydrogens is 991 g/mol. The van der Waals surface area contributed by atoms with Crippen molar-refractivity contribution < 1.29 is 21.5 Å². The van der Waals surface area contributed by atoms with Crippen LogP contribution in [-0.2, 0) is 20.1 Å². The van der Waals surface area contributed by atoms with Crippen molar-refractivity contribution in [3.63, 3.8) is 0 Å². The van der Waals surface area contributed by atoms with Crippen LogP contribution in [0.3, 0.4) is 0 Å². The first-order valence-electron chi connectivity index (χ1n) is 22.1. The second-order valence-electron chi connectivity index (χ2n) is 17.6. The Hall–Kier alpha value is -6.27. The Kier molecular flexibility index (Phi) is 10.6. The van der Waals surface area contributed by atoms with E-state index in [4.69, 9.17) is 6.35 Å². The Balaban J connectivity index is 0.000000201. The van der Waals surface area contributed by atoms with Crippen molar-refractivity contribution >= 4 is 104 Å². The van der Waals surface area contributed by atoms with Gasteiger partial charge in [-0.1, -0.05) is 159 Å². The normalized spacial score (nSPS) is 12.2. The summed E-state index contributed by atoms with van der Waals surface area (Å²) in [4.78, 5) is 10.0. The molecule has 0 unspecified atom stereocenters. The van der Waals surface area contributed by atoms with E-state index in [1.165, 1.54) is 68.4 Å².